The molecule has 1 saturated heterocycles. The molecule has 2 fully saturated rings. The fraction of sp³-hybridized carbons (Fsp3) is 0.700. The molecule has 0 amide bonds. The van der Waals surface area contributed by atoms with Crippen LogP contribution in [0, 0.1) is 24.7 Å². The molecule has 4 heteroatoms. The van der Waals surface area contributed by atoms with Crippen LogP contribution in [0.15, 0.2) is 12.1 Å². The lowest BCUT2D eigenvalue weighted by Gasteiger charge is -2.37. The molecule has 2 aliphatic rings. The van der Waals surface area contributed by atoms with Crippen molar-refractivity contribution in [3.05, 3.63) is 27.7 Å². The summed E-state index contributed by atoms with van der Waals surface area (Å²) in [7, 11) is 0. The van der Waals surface area contributed by atoms with Crippen LogP contribution in [0.1, 0.15) is 51.0 Å². The van der Waals surface area contributed by atoms with Gasteiger partial charge in [-0.2, -0.15) is 0 Å². The fourth-order valence-corrected chi connectivity index (χ4v) is 4.36. The van der Waals surface area contributed by atoms with Crippen LogP contribution in [0.5, 0.6) is 5.75 Å². The van der Waals surface area contributed by atoms with Crippen LogP contribution in [0.4, 0.5) is 0 Å². The van der Waals surface area contributed by atoms with Crippen LogP contribution in [-0.2, 0) is 4.74 Å². The maximum Gasteiger partial charge on any atom is 0.139 e. The van der Waals surface area contributed by atoms with Gasteiger partial charge in [-0.25, -0.2) is 0 Å². The second kappa shape index (κ2) is 8.29. The van der Waals surface area contributed by atoms with Crippen molar-refractivity contribution in [2.45, 2.75) is 58.5 Å². The summed E-state index contributed by atoms with van der Waals surface area (Å²) in [5.74, 6) is 2.79. The number of ether oxygens (including phenoxy) is 2. The van der Waals surface area contributed by atoms with Gasteiger partial charge in [0, 0.05) is 5.92 Å². The third-order valence-corrected chi connectivity index (χ3v) is 6.67. The zero-order valence-corrected chi connectivity index (χ0v) is 16.2. The van der Waals surface area contributed by atoms with Gasteiger partial charge >= 0.3 is 0 Å². The maximum atomic E-state index is 6.26. The fourth-order valence-electron chi connectivity index (χ4n) is 3.93. The van der Waals surface area contributed by atoms with E-state index in [4.69, 9.17) is 32.7 Å². The first-order valence-electron chi connectivity index (χ1n) is 9.23. The van der Waals surface area contributed by atoms with Crippen molar-refractivity contribution in [1.29, 1.82) is 0 Å². The van der Waals surface area contributed by atoms with E-state index in [1.54, 1.807) is 0 Å². The third kappa shape index (κ3) is 4.39. The molecule has 0 bridgehead atoms. The van der Waals surface area contributed by atoms with Gasteiger partial charge < -0.3 is 9.47 Å². The standard InChI is InChI=1S/C20H28Cl2O2/c1-13-3-7-16(8-4-13)17-10-6-15(11-23-17)12-24-18-9-5-14(2)19(21)20(18)22/h5,9,13,15-17H,3-4,6-8,10-12H2,1-2H3/t13?,15-,16?,17?/m1/s1. The molecule has 24 heavy (non-hydrogen) atoms. The summed E-state index contributed by atoms with van der Waals surface area (Å²) in [6, 6.07) is 3.85. The van der Waals surface area contributed by atoms with Crippen LogP contribution < -0.4 is 4.74 Å². The van der Waals surface area contributed by atoms with Crippen molar-refractivity contribution in [3.8, 4) is 5.75 Å². The molecule has 3 rings (SSSR count). The molecule has 0 aromatic heterocycles. The number of halogens is 2. The predicted molar refractivity (Wildman–Crippen MR) is 100 cm³/mol. The molecule has 1 unspecified atom stereocenters. The zero-order chi connectivity index (χ0) is 17.1. The average molecular weight is 371 g/mol. The van der Waals surface area contributed by atoms with Crippen molar-refractivity contribution < 1.29 is 9.47 Å². The highest BCUT2D eigenvalue weighted by atomic mass is 35.5. The SMILES string of the molecule is Cc1ccc(OC[C@@H]2CCC(C3CCC(C)CC3)OC2)c(Cl)c1Cl. The largest absolute Gasteiger partial charge is 0.492 e. The number of benzene rings is 1. The molecule has 0 spiro atoms. The lowest BCUT2D eigenvalue weighted by atomic mass is 9.78. The Morgan fingerprint density at radius 2 is 1.79 bits per heavy atom. The highest BCUT2D eigenvalue weighted by Gasteiger charge is 2.31. The van der Waals surface area contributed by atoms with Gasteiger partial charge in [0.05, 0.1) is 24.3 Å². The van der Waals surface area contributed by atoms with Gasteiger partial charge in [0.2, 0.25) is 0 Å². The van der Waals surface area contributed by atoms with E-state index < -0.39 is 0 Å². The van der Waals surface area contributed by atoms with Crippen molar-refractivity contribution in [3.63, 3.8) is 0 Å². The second-order valence-electron chi connectivity index (χ2n) is 7.65. The van der Waals surface area contributed by atoms with Gasteiger partial charge in [-0.05, 0) is 56.1 Å². The summed E-state index contributed by atoms with van der Waals surface area (Å²) in [6.07, 6.45) is 8.21. The van der Waals surface area contributed by atoms with Gasteiger partial charge in [0.1, 0.15) is 10.8 Å². The first kappa shape index (κ1) is 18.4. The smallest absolute Gasteiger partial charge is 0.139 e. The van der Waals surface area contributed by atoms with E-state index in [1.165, 1.54) is 32.1 Å². The van der Waals surface area contributed by atoms with Crippen LogP contribution in [0.2, 0.25) is 10.0 Å². The molecule has 1 aromatic carbocycles. The Bertz CT molecular complexity index is 545. The van der Waals surface area contributed by atoms with E-state index in [-0.39, 0.29) is 0 Å². The number of aryl methyl sites for hydroxylation is 1. The first-order chi connectivity index (χ1) is 11.5. The minimum absolute atomic E-state index is 0.444. The Morgan fingerprint density at radius 1 is 1.04 bits per heavy atom. The second-order valence-corrected chi connectivity index (χ2v) is 8.41. The average Bonchev–Trinajstić information content (AvgIpc) is 2.60. The van der Waals surface area contributed by atoms with Crippen molar-refractivity contribution in [1.82, 2.24) is 0 Å². The maximum absolute atomic E-state index is 6.26. The van der Waals surface area contributed by atoms with Crippen LogP contribution in [0.3, 0.4) is 0 Å². The number of rotatable bonds is 4. The summed E-state index contributed by atoms with van der Waals surface area (Å²) in [4.78, 5) is 0. The van der Waals surface area contributed by atoms with Crippen LogP contribution in [0.25, 0.3) is 0 Å². The van der Waals surface area contributed by atoms with E-state index >= 15 is 0 Å². The van der Waals surface area contributed by atoms with E-state index in [2.05, 4.69) is 6.92 Å². The number of hydrogen-bond donors (Lipinski definition) is 0. The molecule has 1 aromatic rings. The lowest BCUT2D eigenvalue weighted by molar-refractivity contribution is -0.0647. The molecule has 1 aliphatic carbocycles. The third-order valence-electron chi connectivity index (χ3n) is 5.71. The van der Waals surface area contributed by atoms with E-state index in [9.17, 15) is 0 Å². The molecule has 1 aliphatic heterocycles. The molecule has 0 radical (unpaired) electrons. The normalized spacial score (nSPS) is 31.0. The molecular formula is C20H28Cl2O2. The zero-order valence-electron chi connectivity index (χ0n) is 14.7. The Labute approximate surface area is 155 Å². The Morgan fingerprint density at radius 3 is 2.46 bits per heavy atom. The van der Waals surface area contributed by atoms with Gasteiger partial charge in [-0.15, -0.1) is 0 Å². The summed E-state index contributed by atoms with van der Waals surface area (Å²) < 4.78 is 12.1. The molecule has 1 saturated carbocycles. The molecular weight excluding hydrogens is 343 g/mol. The molecule has 134 valence electrons. The first-order valence-corrected chi connectivity index (χ1v) is 9.99. The summed E-state index contributed by atoms with van der Waals surface area (Å²) in [5.41, 5.74) is 0.972. The van der Waals surface area contributed by atoms with Crippen LogP contribution >= 0.6 is 23.2 Å². The van der Waals surface area contributed by atoms with Crippen molar-refractivity contribution in [2.75, 3.05) is 13.2 Å². The highest BCUT2D eigenvalue weighted by molar-refractivity contribution is 6.43. The van der Waals surface area contributed by atoms with Gasteiger partial charge in [-0.3, -0.25) is 0 Å². The van der Waals surface area contributed by atoms with Crippen molar-refractivity contribution in [2.24, 2.45) is 17.8 Å². The summed E-state index contributed by atoms with van der Waals surface area (Å²) >= 11 is 12.4. The Hall–Kier alpha value is -0.440. The summed E-state index contributed by atoms with van der Waals surface area (Å²) in [6.45, 7) is 5.76. The minimum Gasteiger partial charge on any atom is -0.492 e. The molecule has 2 nitrogen and oxygen atoms in total. The quantitative estimate of drug-likeness (QED) is 0.618. The molecule has 1 heterocycles. The van der Waals surface area contributed by atoms with Gasteiger partial charge in [-0.1, -0.05) is 49.0 Å². The van der Waals surface area contributed by atoms with Gasteiger partial charge in [0.25, 0.3) is 0 Å². The highest BCUT2D eigenvalue weighted by Crippen LogP contribution is 2.37. The molecule has 0 N–H and O–H groups in total. The van der Waals surface area contributed by atoms with Crippen LogP contribution in [-0.4, -0.2) is 19.3 Å². The van der Waals surface area contributed by atoms with Gasteiger partial charge in [0.15, 0.2) is 0 Å². The van der Waals surface area contributed by atoms with E-state index in [0.29, 0.717) is 34.4 Å². The Balaban J connectivity index is 1.45. The topological polar surface area (TPSA) is 18.5 Å². The van der Waals surface area contributed by atoms with E-state index in [0.717, 1.165) is 30.4 Å². The monoisotopic (exact) mass is 370 g/mol. The summed E-state index contributed by atoms with van der Waals surface area (Å²) in [5, 5.41) is 1.10. The lowest BCUT2D eigenvalue weighted by Crippen LogP contribution is -2.35. The molecule has 2 atom stereocenters. The Kier molecular flexibility index (Phi) is 6.34. The predicted octanol–water partition coefficient (Wildman–Crippen LogP) is 6.30. The number of hydrogen-bond acceptors (Lipinski definition) is 2. The minimum atomic E-state index is 0.444. The van der Waals surface area contributed by atoms with E-state index in [1.807, 2.05) is 19.1 Å². The van der Waals surface area contributed by atoms with Crippen molar-refractivity contribution >= 4 is 23.2 Å².